The summed E-state index contributed by atoms with van der Waals surface area (Å²) in [6.07, 6.45) is 1.58. The summed E-state index contributed by atoms with van der Waals surface area (Å²) in [5.41, 5.74) is -0.503. The Kier molecular flexibility index (Phi) is 6.26. The summed E-state index contributed by atoms with van der Waals surface area (Å²) in [6, 6.07) is 17.7. The molecule has 1 spiro atoms. The Hall–Kier alpha value is -4.32. The molecule has 7 rings (SSSR count). The van der Waals surface area contributed by atoms with E-state index < -0.39 is 22.8 Å². The summed E-state index contributed by atoms with van der Waals surface area (Å²) in [4.78, 5) is 45.7. The molecule has 0 N–H and O–H groups in total. The van der Waals surface area contributed by atoms with Crippen LogP contribution < -0.4 is 15.2 Å². The fraction of sp³-hybridized carbons (Fsp3) is 0.100. The number of carbonyl (C=O) groups is 2. The lowest BCUT2D eigenvalue weighted by Crippen LogP contribution is -2.53. The van der Waals surface area contributed by atoms with Gasteiger partial charge in [-0.25, -0.2) is 4.39 Å². The minimum atomic E-state index is -1.89. The quantitative estimate of drug-likeness (QED) is 0.128. The van der Waals surface area contributed by atoms with Crippen molar-refractivity contribution in [2.24, 2.45) is 0 Å². The van der Waals surface area contributed by atoms with Gasteiger partial charge < -0.3 is 9.32 Å². The van der Waals surface area contributed by atoms with Gasteiger partial charge in [0.05, 0.1) is 16.6 Å². The third-order valence-corrected chi connectivity index (χ3v) is 9.61. The molecule has 12 heteroatoms. The Morgan fingerprint density at radius 2 is 1.86 bits per heavy atom. The van der Waals surface area contributed by atoms with Crippen LogP contribution in [0, 0.1) is 5.82 Å². The molecule has 1 atom stereocenters. The highest BCUT2D eigenvalue weighted by Gasteiger charge is 2.66. The summed E-state index contributed by atoms with van der Waals surface area (Å²) >= 11 is 8.68. The number of nitrogens with zero attached hydrogens (tertiary/aromatic N) is 4. The first-order valence-electron chi connectivity index (χ1n) is 12.7. The van der Waals surface area contributed by atoms with Gasteiger partial charge in [-0.2, -0.15) is 0 Å². The third kappa shape index (κ3) is 3.77. The minimum absolute atomic E-state index is 0.0954. The zero-order chi connectivity index (χ0) is 29.2. The Labute approximate surface area is 251 Å². The molecule has 2 aliphatic heterocycles. The predicted molar refractivity (Wildman–Crippen MR) is 160 cm³/mol. The second-order valence-corrected chi connectivity index (χ2v) is 12.2. The van der Waals surface area contributed by atoms with Crippen molar-refractivity contribution in [3.8, 4) is 0 Å². The molecular formula is C30H18ClFN4O4S2. The molecular weight excluding hydrogens is 599 g/mol. The smallest absolute Gasteiger partial charge is 0.297 e. The van der Waals surface area contributed by atoms with Crippen LogP contribution in [0.3, 0.4) is 0 Å². The van der Waals surface area contributed by atoms with E-state index >= 15 is 0 Å². The molecule has 5 aromatic rings. The number of thioether (sulfide) groups is 1. The number of aromatic nitrogens is 2. The molecule has 208 valence electrons. The van der Waals surface area contributed by atoms with Gasteiger partial charge in [-0.05, 0) is 42.0 Å². The Morgan fingerprint density at radius 3 is 2.64 bits per heavy atom. The maximum absolute atomic E-state index is 14.6. The van der Waals surface area contributed by atoms with Crippen LogP contribution in [0.15, 0.2) is 92.9 Å². The fourth-order valence-corrected chi connectivity index (χ4v) is 7.54. The molecule has 0 radical (unpaired) electrons. The molecule has 1 unspecified atom stereocenters. The molecule has 3 aromatic carbocycles. The zero-order valence-corrected chi connectivity index (χ0v) is 23.9. The first kappa shape index (κ1) is 26.6. The van der Waals surface area contributed by atoms with Crippen LogP contribution in [0.5, 0.6) is 0 Å². The summed E-state index contributed by atoms with van der Waals surface area (Å²) in [7, 11) is 0. The zero-order valence-electron chi connectivity index (χ0n) is 21.5. The predicted octanol–water partition coefficient (Wildman–Crippen LogP) is 6.17. The van der Waals surface area contributed by atoms with Crippen LogP contribution in [0.25, 0.3) is 11.0 Å². The van der Waals surface area contributed by atoms with Crippen molar-refractivity contribution >= 4 is 68.3 Å². The van der Waals surface area contributed by atoms with Crippen LogP contribution in [0.2, 0.25) is 5.02 Å². The number of para-hydroxylation sites is 1. The van der Waals surface area contributed by atoms with Gasteiger partial charge in [0.15, 0.2) is 15.3 Å². The van der Waals surface area contributed by atoms with Crippen LogP contribution in [-0.4, -0.2) is 28.6 Å². The second kappa shape index (κ2) is 9.90. The van der Waals surface area contributed by atoms with E-state index in [2.05, 4.69) is 16.8 Å². The SMILES string of the molecule is C=CCN1C(=O)C2(c3ccccc31)c1c(oc3ccc(Cl)cc3c1=O)C(=O)N2c1nnc(SCc2ccc(F)cc2)s1. The summed E-state index contributed by atoms with van der Waals surface area (Å²) in [5.74, 6) is -1.29. The van der Waals surface area contributed by atoms with Gasteiger partial charge >= 0.3 is 0 Å². The lowest BCUT2D eigenvalue weighted by atomic mass is 9.84. The van der Waals surface area contributed by atoms with E-state index in [-0.39, 0.29) is 39.8 Å². The first-order valence-corrected chi connectivity index (χ1v) is 14.9. The van der Waals surface area contributed by atoms with Gasteiger partial charge in [-0.3, -0.25) is 19.3 Å². The average molecular weight is 617 g/mol. The number of amides is 2. The van der Waals surface area contributed by atoms with Crippen LogP contribution in [-0.2, 0) is 16.1 Å². The summed E-state index contributed by atoms with van der Waals surface area (Å²) in [5, 5.41) is 9.15. The van der Waals surface area contributed by atoms with E-state index in [1.54, 1.807) is 48.5 Å². The van der Waals surface area contributed by atoms with Crippen molar-refractivity contribution in [1.29, 1.82) is 0 Å². The lowest BCUT2D eigenvalue weighted by molar-refractivity contribution is -0.121. The highest BCUT2D eigenvalue weighted by molar-refractivity contribution is 8.00. The van der Waals surface area contributed by atoms with E-state index in [1.165, 1.54) is 45.8 Å². The van der Waals surface area contributed by atoms with Gasteiger partial charge in [-0.1, -0.05) is 71.1 Å². The molecule has 0 saturated heterocycles. The first-order chi connectivity index (χ1) is 20.3. The molecule has 0 bridgehead atoms. The van der Waals surface area contributed by atoms with Crippen LogP contribution in [0.4, 0.5) is 15.2 Å². The fourth-order valence-electron chi connectivity index (χ4n) is 5.52. The van der Waals surface area contributed by atoms with Gasteiger partial charge in [0, 0.05) is 22.9 Å². The van der Waals surface area contributed by atoms with E-state index in [1.807, 2.05) is 0 Å². The van der Waals surface area contributed by atoms with Gasteiger partial charge in [0.25, 0.3) is 11.8 Å². The number of hydrogen-bond donors (Lipinski definition) is 0. The Morgan fingerprint density at radius 1 is 1.07 bits per heavy atom. The van der Waals surface area contributed by atoms with Crippen molar-refractivity contribution in [3.63, 3.8) is 0 Å². The number of halogens is 2. The van der Waals surface area contributed by atoms with Crippen LogP contribution >= 0.6 is 34.7 Å². The average Bonchev–Trinajstić information content (AvgIpc) is 3.63. The molecule has 0 aliphatic carbocycles. The van der Waals surface area contributed by atoms with E-state index in [4.69, 9.17) is 16.0 Å². The number of benzene rings is 3. The lowest BCUT2D eigenvalue weighted by Gasteiger charge is -2.31. The summed E-state index contributed by atoms with van der Waals surface area (Å²) < 4.78 is 19.9. The maximum atomic E-state index is 14.6. The molecule has 2 aliphatic rings. The topological polar surface area (TPSA) is 96.6 Å². The normalized spacial score (nSPS) is 17.4. The van der Waals surface area contributed by atoms with Gasteiger partial charge in [0.1, 0.15) is 11.4 Å². The largest absolute Gasteiger partial charge is 0.450 e. The van der Waals surface area contributed by atoms with Gasteiger partial charge in [0.2, 0.25) is 10.9 Å². The third-order valence-electron chi connectivity index (χ3n) is 7.26. The molecule has 2 amide bonds. The van der Waals surface area contributed by atoms with Crippen molar-refractivity contribution in [2.75, 3.05) is 16.3 Å². The molecule has 0 fully saturated rings. The molecule has 4 heterocycles. The van der Waals surface area contributed by atoms with Crippen molar-refractivity contribution in [2.45, 2.75) is 15.6 Å². The number of fused-ring (bicyclic) bond motifs is 5. The van der Waals surface area contributed by atoms with E-state index in [0.717, 1.165) is 16.9 Å². The highest BCUT2D eigenvalue weighted by atomic mass is 35.5. The Bertz CT molecular complexity index is 2010. The summed E-state index contributed by atoms with van der Waals surface area (Å²) in [6.45, 7) is 3.94. The molecule has 0 saturated carbocycles. The van der Waals surface area contributed by atoms with E-state index in [9.17, 15) is 18.8 Å². The molecule has 2 aromatic heterocycles. The monoisotopic (exact) mass is 616 g/mol. The minimum Gasteiger partial charge on any atom is -0.450 e. The van der Waals surface area contributed by atoms with Gasteiger partial charge in [-0.15, -0.1) is 16.8 Å². The standard InChI is InChI=1S/C30H18ClFN4O4S2/c1-2-13-35-21-6-4-3-5-20(21)30(27(35)39)23-24(37)19-14-17(31)9-12-22(19)40-25(23)26(38)36(30)28-33-34-29(42-28)41-15-16-7-10-18(32)11-8-16/h2-12,14H,1,13,15H2. The second-order valence-electron chi connectivity index (χ2n) is 9.61. The Balaban J connectivity index is 1.43. The number of hydrogen-bond acceptors (Lipinski definition) is 8. The highest BCUT2D eigenvalue weighted by Crippen LogP contribution is 2.54. The molecule has 42 heavy (non-hydrogen) atoms. The number of anilines is 2. The van der Waals surface area contributed by atoms with Crippen molar-refractivity contribution < 1.29 is 18.4 Å². The van der Waals surface area contributed by atoms with Crippen molar-refractivity contribution in [1.82, 2.24) is 10.2 Å². The molecule has 8 nitrogen and oxygen atoms in total. The van der Waals surface area contributed by atoms with Crippen LogP contribution in [0.1, 0.15) is 27.2 Å². The number of carbonyl (C=O) groups excluding carboxylic acids is 2. The number of rotatable bonds is 6. The van der Waals surface area contributed by atoms with Crippen molar-refractivity contribution in [3.05, 3.63) is 123 Å². The van der Waals surface area contributed by atoms with E-state index in [0.29, 0.717) is 26.4 Å². The maximum Gasteiger partial charge on any atom is 0.297 e.